The molecule has 27 heavy (non-hydrogen) atoms. The molecule has 2 heterocycles. The van der Waals surface area contributed by atoms with Gasteiger partial charge < -0.3 is 15.5 Å². The molecule has 3 rings (SSSR count). The van der Waals surface area contributed by atoms with E-state index in [1.807, 2.05) is 50.5 Å². The number of halogens is 1. The van der Waals surface area contributed by atoms with Crippen LogP contribution in [0.4, 0.5) is 11.8 Å². The van der Waals surface area contributed by atoms with Crippen LogP contribution in [0.3, 0.4) is 0 Å². The van der Waals surface area contributed by atoms with Crippen LogP contribution < -0.4 is 10.6 Å². The van der Waals surface area contributed by atoms with Gasteiger partial charge in [0.1, 0.15) is 5.82 Å². The van der Waals surface area contributed by atoms with E-state index in [0.717, 1.165) is 34.8 Å². The molecule has 140 valence electrons. The molecule has 0 radical (unpaired) electrons. The molecule has 2 aromatic heterocycles. The van der Waals surface area contributed by atoms with Crippen LogP contribution in [0.1, 0.15) is 5.56 Å². The largest absolute Gasteiger partial charge is 0.366 e. The van der Waals surface area contributed by atoms with Crippen LogP contribution in [-0.2, 0) is 6.54 Å². The number of anilines is 2. The predicted molar refractivity (Wildman–Crippen MR) is 114 cm³/mol. The molecule has 3 aromatic rings. The molecule has 1 aromatic carbocycles. The summed E-state index contributed by atoms with van der Waals surface area (Å²) in [6.45, 7) is 2.35. The third-order valence-electron chi connectivity index (χ3n) is 3.88. The molecule has 6 nitrogen and oxygen atoms in total. The fourth-order valence-corrected chi connectivity index (χ4v) is 2.71. The average Bonchev–Trinajstić information content (AvgIpc) is 2.68. The van der Waals surface area contributed by atoms with Gasteiger partial charge in [-0.05, 0) is 43.9 Å². The fourth-order valence-electron chi connectivity index (χ4n) is 2.45. The number of pyridine rings is 1. The third-order valence-corrected chi connectivity index (χ3v) is 4.41. The van der Waals surface area contributed by atoms with E-state index in [-0.39, 0.29) is 0 Å². The molecule has 0 aliphatic rings. The highest BCUT2D eigenvalue weighted by atomic mass is 79.9. The highest BCUT2D eigenvalue weighted by Crippen LogP contribution is 2.20. The first-order chi connectivity index (χ1) is 13.1. The van der Waals surface area contributed by atoms with Crippen molar-refractivity contribution in [1.82, 2.24) is 19.9 Å². The van der Waals surface area contributed by atoms with Crippen molar-refractivity contribution in [3.05, 3.63) is 64.8 Å². The van der Waals surface area contributed by atoms with Crippen LogP contribution in [0.5, 0.6) is 0 Å². The van der Waals surface area contributed by atoms with E-state index < -0.39 is 0 Å². The van der Waals surface area contributed by atoms with Gasteiger partial charge >= 0.3 is 0 Å². The number of hydrogen-bond acceptors (Lipinski definition) is 6. The molecule has 0 atom stereocenters. The van der Waals surface area contributed by atoms with Gasteiger partial charge in [0.05, 0.1) is 11.4 Å². The number of likely N-dealkylation sites (N-methyl/N-ethyl adjacent to an activating group) is 1. The summed E-state index contributed by atoms with van der Waals surface area (Å²) in [5.74, 6) is 1.36. The molecule has 0 fully saturated rings. The highest BCUT2D eigenvalue weighted by molar-refractivity contribution is 9.10. The third kappa shape index (κ3) is 6.01. The van der Waals surface area contributed by atoms with Gasteiger partial charge in [0.15, 0.2) is 0 Å². The lowest BCUT2D eigenvalue weighted by atomic mass is 10.2. The van der Waals surface area contributed by atoms with E-state index in [4.69, 9.17) is 0 Å². The molecule has 0 bridgehead atoms. The Morgan fingerprint density at radius 2 is 1.78 bits per heavy atom. The van der Waals surface area contributed by atoms with E-state index >= 15 is 0 Å². The lowest BCUT2D eigenvalue weighted by Crippen LogP contribution is -2.21. The predicted octanol–water partition coefficient (Wildman–Crippen LogP) is 3.89. The Hall–Kier alpha value is -2.51. The molecule has 0 aliphatic heterocycles. The summed E-state index contributed by atoms with van der Waals surface area (Å²) in [6, 6.07) is 16.0. The normalized spacial score (nSPS) is 10.8. The molecule has 0 aliphatic carbocycles. The highest BCUT2D eigenvalue weighted by Gasteiger charge is 2.08. The molecular weight excluding hydrogens is 404 g/mol. The number of rotatable bonds is 8. The minimum Gasteiger partial charge on any atom is -0.366 e. The van der Waals surface area contributed by atoms with Crippen LogP contribution in [0.2, 0.25) is 0 Å². The molecule has 0 amide bonds. The maximum absolute atomic E-state index is 4.62. The van der Waals surface area contributed by atoms with E-state index in [1.165, 1.54) is 5.56 Å². The first kappa shape index (κ1) is 19.3. The maximum Gasteiger partial charge on any atom is 0.225 e. The second-order valence-electron chi connectivity index (χ2n) is 6.39. The second-order valence-corrected chi connectivity index (χ2v) is 7.30. The fraction of sp³-hybridized carbons (Fsp3) is 0.250. The monoisotopic (exact) mass is 426 g/mol. The van der Waals surface area contributed by atoms with E-state index in [1.54, 1.807) is 6.20 Å². The summed E-state index contributed by atoms with van der Waals surface area (Å²) in [4.78, 5) is 15.7. The van der Waals surface area contributed by atoms with E-state index in [0.29, 0.717) is 12.5 Å². The topological polar surface area (TPSA) is 66.0 Å². The first-order valence-corrected chi connectivity index (χ1v) is 9.57. The van der Waals surface area contributed by atoms with Gasteiger partial charge in [-0.3, -0.25) is 4.98 Å². The number of nitrogens with one attached hydrogen (secondary N) is 2. The average molecular weight is 427 g/mol. The molecule has 2 N–H and O–H groups in total. The summed E-state index contributed by atoms with van der Waals surface area (Å²) in [5, 5.41) is 6.68. The Labute approximate surface area is 168 Å². The number of hydrogen-bond donors (Lipinski definition) is 2. The molecule has 0 spiro atoms. The second kappa shape index (κ2) is 9.43. The van der Waals surface area contributed by atoms with Gasteiger partial charge in [0, 0.05) is 36.4 Å². The van der Waals surface area contributed by atoms with Crippen molar-refractivity contribution in [3.63, 3.8) is 0 Å². The minimum absolute atomic E-state index is 0.596. The van der Waals surface area contributed by atoms with Crippen molar-refractivity contribution >= 4 is 27.7 Å². The van der Waals surface area contributed by atoms with Gasteiger partial charge in [-0.1, -0.05) is 34.1 Å². The SMILES string of the molecule is CN(C)CCNc1nc(NCc2ccc(Br)cc2)cc(-c2ccccn2)n1. The lowest BCUT2D eigenvalue weighted by molar-refractivity contribution is 0.425. The smallest absolute Gasteiger partial charge is 0.225 e. The number of aromatic nitrogens is 3. The summed E-state index contributed by atoms with van der Waals surface area (Å²) >= 11 is 3.46. The number of benzene rings is 1. The van der Waals surface area contributed by atoms with Gasteiger partial charge in [-0.25, -0.2) is 4.98 Å². The Morgan fingerprint density at radius 3 is 2.48 bits per heavy atom. The zero-order valence-corrected chi connectivity index (χ0v) is 17.1. The van der Waals surface area contributed by atoms with E-state index in [9.17, 15) is 0 Å². The van der Waals surface area contributed by atoms with Crippen LogP contribution >= 0.6 is 15.9 Å². The zero-order valence-electron chi connectivity index (χ0n) is 15.5. The Bertz CT molecular complexity index is 852. The van der Waals surface area contributed by atoms with Crippen molar-refractivity contribution in [2.75, 3.05) is 37.8 Å². The quantitative estimate of drug-likeness (QED) is 0.569. The summed E-state index contributed by atoms with van der Waals surface area (Å²) < 4.78 is 1.07. The summed E-state index contributed by atoms with van der Waals surface area (Å²) in [7, 11) is 4.08. The standard InChI is InChI=1S/C20H23BrN6/c1-27(2)12-11-23-20-25-18(17-5-3-4-10-22-17)13-19(26-20)24-14-15-6-8-16(21)9-7-15/h3-10,13H,11-12,14H2,1-2H3,(H2,23,24,25,26). The molecule has 0 unspecified atom stereocenters. The van der Waals surface area contributed by atoms with Gasteiger partial charge in [-0.15, -0.1) is 0 Å². The van der Waals surface area contributed by atoms with Gasteiger partial charge in [-0.2, -0.15) is 4.98 Å². The molecular formula is C20H23BrN6. The number of nitrogens with zero attached hydrogens (tertiary/aromatic N) is 4. The Morgan fingerprint density at radius 1 is 0.963 bits per heavy atom. The van der Waals surface area contributed by atoms with Crippen molar-refractivity contribution in [1.29, 1.82) is 0 Å². The van der Waals surface area contributed by atoms with Crippen molar-refractivity contribution < 1.29 is 0 Å². The van der Waals surface area contributed by atoms with Crippen LogP contribution in [0.25, 0.3) is 11.4 Å². The molecule has 7 heteroatoms. The lowest BCUT2D eigenvalue weighted by Gasteiger charge is -2.13. The minimum atomic E-state index is 0.596. The van der Waals surface area contributed by atoms with Gasteiger partial charge in [0.25, 0.3) is 0 Å². The Balaban J connectivity index is 1.79. The zero-order chi connectivity index (χ0) is 19.1. The summed E-state index contributed by atoms with van der Waals surface area (Å²) in [5.41, 5.74) is 2.79. The molecule has 0 saturated carbocycles. The van der Waals surface area contributed by atoms with Crippen LogP contribution in [0.15, 0.2) is 59.2 Å². The molecule has 0 saturated heterocycles. The maximum atomic E-state index is 4.62. The van der Waals surface area contributed by atoms with Crippen LogP contribution in [0, 0.1) is 0 Å². The van der Waals surface area contributed by atoms with Crippen LogP contribution in [-0.4, -0.2) is 47.0 Å². The van der Waals surface area contributed by atoms with E-state index in [2.05, 4.69) is 58.5 Å². The van der Waals surface area contributed by atoms with Crippen molar-refractivity contribution in [2.45, 2.75) is 6.54 Å². The Kier molecular flexibility index (Phi) is 6.73. The van der Waals surface area contributed by atoms with Crippen molar-refractivity contribution in [3.8, 4) is 11.4 Å². The summed E-state index contributed by atoms with van der Waals surface area (Å²) in [6.07, 6.45) is 1.77. The van der Waals surface area contributed by atoms with Crippen molar-refractivity contribution in [2.24, 2.45) is 0 Å². The first-order valence-electron chi connectivity index (χ1n) is 8.77. The van der Waals surface area contributed by atoms with Gasteiger partial charge in [0.2, 0.25) is 5.95 Å².